The molecule has 0 radical (unpaired) electrons. The van der Waals surface area contributed by atoms with Crippen molar-refractivity contribution < 1.29 is 0 Å². The number of halogens is 1. The number of aromatic amines is 2. The zero-order valence-corrected chi connectivity index (χ0v) is 10.1. The van der Waals surface area contributed by atoms with Gasteiger partial charge < -0.3 is 20.2 Å². The van der Waals surface area contributed by atoms with Gasteiger partial charge in [-0.3, -0.25) is 0 Å². The first-order chi connectivity index (χ1) is 7.25. The lowest BCUT2D eigenvalue weighted by Crippen LogP contribution is -2.44. The molecule has 1 aliphatic heterocycles. The second-order valence-electron chi connectivity index (χ2n) is 3.71. The predicted octanol–water partition coefficient (Wildman–Crippen LogP) is -0.0868. The molecule has 1 fully saturated rings. The van der Waals surface area contributed by atoms with Crippen LogP contribution in [-0.2, 0) is 6.42 Å². The van der Waals surface area contributed by atoms with Crippen molar-refractivity contribution in [2.45, 2.75) is 6.42 Å². The summed E-state index contributed by atoms with van der Waals surface area (Å²) in [6, 6.07) is 0. The van der Waals surface area contributed by atoms with Crippen LogP contribution in [0, 0.1) is 0 Å². The standard InChI is InChI=1S/C9H15BrN4O/c10-8-7(12-9(15)13-8)1-4-14-5-2-11-3-6-14/h11H,1-6H2,(H2,12,13,15). The van der Waals surface area contributed by atoms with Crippen LogP contribution in [0.1, 0.15) is 5.69 Å². The van der Waals surface area contributed by atoms with Gasteiger partial charge >= 0.3 is 5.69 Å². The van der Waals surface area contributed by atoms with E-state index in [1.165, 1.54) is 0 Å². The van der Waals surface area contributed by atoms with Crippen LogP contribution >= 0.6 is 15.9 Å². The van der Waals surface area contributed by atoms with Crippen molar-refractivity contribution >= 4 is 15.9 Å². The van der Waals surface area contributed by atoms with Crippen LogP contribution in [0.5, 0.6) is 0 Å². The van der Waals surface area contributed by atoms with E-state index in [0.29, 0.717) is 0 Å². The van der Waals surface area contributed by atoms with E-state index < -0.39 is 0 Å². The largest absolute Gasteiger partial charge is 0.323 e. The Labute approximate surface area is 96.4 Å². The van der Waals surface area contributed by atoms with Crippen molar-refractivity contribution in [2.75, 3.05) is 32.7 Å². The van der Waals surface area contributed by atoms with Crippen LogP contribution in [0.25, 0.3) is 0 Å². The Morgan fingerprint density at radius 3 is 2.60 bits per heavy atom. The van der Waals surface area contributed by atoms with Crippen molar-refractivity contribution in [3.8, 4) is 0 Å². The molecule has 2 rings (SSSR count). The van der Waals surface area contributed by atoms with Gasteiger partial charge in [0.05, 0.1) is 5.69 Å². The average Bonchev–Trinajstić information content (AvgIpc) is 2.56. The molecule has 6 heteroatoms. The zero-order valence-electron chi connectivity index (χ0n) is 8.48. The molecule has 0 aromatic carbocycles. The normalized spacial score (nSPS) is 18.2. The van der Waals surface area contributed by atoms with Crippen LogP contribution in [0.4, 0.5) is 0 Å². The van der Waals surface area contributed by atoms with Gasteiger partial charge in [-0.15, -0.1) is 0 Å². The first-order valence-electron chi connectivity index (χ1n) is 5.15. The maximum Gasteiger partial charge on any atom is 0.323 e. The van der Waals surface area contributed by atoms with Gasteiger partial charge in [0.15, 0.2) is 0 Å². The Bertz CT molecular complexity index is 366. The number of imidazole rings is 1. The molecule has 1 saturated heterocycles. The lowest BCUT2D eigenvalue weighted by Gasteiger charge is -2.26. The van der Waals surface area contributed by atoms with Crippen molar-refractivity contribution in [1.82, 2.24) is 20.2 Å². The molecule has 84 valence electrons. The molecule has 5 nitrogen and oxygen atoms in total. The topological polar surface area (TPSA) is 63.9 Å². The van der Waals surface area contributed by atoms with Crippen LogP contribution < -0.4 is 11.0 Å². The van der Waals surface area contributed by atoms with Gasteiger partial charge in [0.25, 0.3) is 0 Å². The minimum Gasteiger partial charge on any atom is -0.314 e. The molecule has 0 unspecified atom stereocenters. The van der Waals surface area contributed by atoms with Crippen molar-refractivity contribution in [2.24, 2.45) is 0 Å². The highest BCUT2D eigenvalue weighted by Gasteiger charge is 2.11. The van der Waals surface area contributed by atoms with Crippen LogP contribution in [0.3, 0.4) is 0 Å². The number of hydrogen-bond acceptors (Lipinski definition) is 3. The van der Waals surface area contributed by atoms with Gasteiger partial charge in [0, 0.05) is 39.1 Å². The first-order valence-corrected chi connectivity index (χ1v) is 5.95. The van der Waals surface area contributed by atoms with Crippen LogP contribution in [0.15, 0.2) is 9.40 Å². The predicted molar refractivity (Wildman–Crippen MR) is 62.1 cm³/mol. The molecule has 1 aliphatic rings. The summed E-state index contributed by atoms with van der Waals surface area (Å²) in [5, 5.41) is 3.31. The molecule has 3 N–H and O–H groups in total. The summed E-state index contributed by atoms with van der Waals surface area (Å²) in [6.07, 6.45) is 0.874. The summed E-state index contributed by atoms with van der Waals surface area (Å²) in [5.74, 6) is 0. The average molecular weight is 275 g/mol. The van der Waals surface area contributed by atoms with E-state index in [4.69, 9.17) is 0 Å². The Balaban J connectivity index is 1.86. The number of aromatic nitrogens is 2. The van der Waals surface area contributed by atoms with Gasteiger partial charge in [-0.25, -0.2) is 4.79 Å². The van der Waals surface area contributed by atoms with E-state index in [0.717, 1.165) is 49.4 Å². The molecule has 0 saturated carbocycles. The Kier molecular flexibility index (Phi) is 3.61. The number of piperazine rings is 1. The molecule has 1 aromatic rings. The molecule has 0 aliphatic carbocycles. The molecule has 0 spiro atoms. The van der Waals surface area contributed by atoms with Gasteiger partial charge in [-0.05, 0) is 15.9 Å². The minimum atomic E-state index is -0.141. The number of hydrogen-bond donors (Lipinski definition) is 3. The Hall–Kier alpha value is -0.590. The highest BCUT2D eigenvalue weighted by atomic mass is 79.9. The summed E-state index contributed by atoms with van der Waals surface area (Å²) < 4.78 is 0.780. The van der Waals surface area contributed by atoms with Crippen LogP contribution in [0.2, 0.25) is 0 Å². The fourth-order valence-corrected chi connectivity index (χ4v) is 2.25. The minimum absolute atomic E-state index is 0.141. The van der Waals surface area contributed by atoms with Crippen LogP contribution in [-0.4, -0.2) is 47.6 Å². The Morgan fingerprint density at radius 1 is 1.27 bits per heavy atom. The zero-order chi connectivity index (χ0) is 10.7. The molecule has 0 amide bonds. The fraction of sp³-hybridized carbons (Fsp3) is 0.667. The van der Waals surface area contributed by atoms with Gasteiger partial charge in [-0.1, -0.05) is 0 Å². The highest BCUT2D eigenvalue weighted by Crippen LogP contribution is 2.09. The summed E-state index contributed by atoms with van der Waals surface area (Å²) in [7, 11) is 0. The lowest BCUT2D eigenvalue weighted by molar-refractivity contribution is 0.243. The maximum absolute atomic E-state index is 11.0. The van der Waals surface area contributed by atoms with Gasteiger partial charge in [0.1, 0.15) is 4.60 Å². The molecule has 1 aromatic heterocycles. The fourth-order valence-electron chi connectivity index (χ4n) is 1.78. The Morgan fingerprint density at radius 2 is 2.00 bits per heavy atom. The van der Waals surface area contributed by atoms with E-state index in [9.17, 15) is 4.79 Å². The van der Waals surface area contributed by atoms with E-state index in [1.54, 1.807) is 0 Å². The molecular formula is C9H15BrN4O. The third-order valence-electron chi connectivity index (χ3n) is 2.64. The second kappa shape index (κ2) is 4.96. The molecule has 15 heavy (non-hydrogen) atoms. The van der Waals surface area contributed by atoms with Crippen molar-refractivity contribution in [3.63, 3.8) is 0 Å². The van der Waals surface area contributed by atoms with E-state index >= 15 is 0 Å². The molecule has 2 heterocycles. The lowest BCUT2D eigenvalue weighted by atomic mass is 10.3. The van der Waals surface area contributed by atoms with Gasteiger partial charge in [0.2, 0.25) is 0 Å². The van der Waals surface area contributed by atoms with E-state index in [-0.39, 0.29) is 5.69 Å². The maximum atomic E-state index is 11.0. The third-order valence-corrected chi connectivity index (χ3v) is 3.32. The molecule has 0 bridgehead atoms. The summed E-state index contributed by atoms with van der Waals surface area (Å²) in [5.41, 5.74) is 0.815. The number of nitrogens with one attached hydrogen (secondary N) is 3. The van der Waals surface area contributed by atoms with E-state index in [2.05, 4.69) is 36.1 Å². The van der Waals surface area contributed by atoms with E-state index in [1.807, 2.05) is 0 Å². The molecule has 0 atom stereocenters. The third kappa shape index (κ3) is 2.93. The van der Waals surface area contributed by atoms with Crippen molar-refractivity contribution in [3.05, 3.63) is 20.8 Å². The second-order valence-corrected chi connectivity index (χ2v) is 4.51. The number of H-pyrrole nitrogens is 2. The first kappa shape index (κ1) is 10.9. The number of rotatable bonds is 3. The summed E-state index contributed by atoms with van der Waals surface area (Å²) >= 11 is 3.32. The highest BCUT2D eigenvalue weighted by molar-refractivity contribution is 9.10. The quantitative estimate of drug-likeness (QED) is 0.722. The molecular weight excluding hydrogens is 260 g/mol. The smallest absolute Gasteiger partial charge is 0.314 e. The SMILES string of the molecule is O=c1[nH]c(Br)c(CCN2CCNCC2)[nH]1. The monoisotopic (exact) mass is 274 g/mol. The summed E-state index contributed by atoms with van der Waals surface area (Å²) in [6.45, 7) is 5.29. The van der Waals surface area contributed by atoms with Gasteiger partial charge in [-0.2, -0.15) is 0 Å². The summed E-state index contributed by atoms with van der Waals surface area (Å²) in [4.78, 5) is 18.8. The van der Waals surface area contributed by atoms with Crippen molar-refractivity contribution in [1.29, 1.82) is 0 Å². The number of nitrogens with zero attached hydrogens (tertiary/aromatic N) is 1.